The number of carbonyl (C=O) groups is 1. The largest absolute Gasteiger partial charge is 0.468 e. The Morgan fingerprint density at radius 3 is 3.00 bits per heavy atom. The zero-order valence-electron chi connectivity index (χ0n) is 10.4. The summed E-state index contributed by atoms with van der Waals surface area (Å²) in [6.45, 7) is -0.141. The fraction of sp³-hybridized carbons (Fsp3) is 0.273. The van der Waals surface area contributed by atoms with Crippen LogP contribution < -0.4 is 0 Å². The molecule has 0 unspecified atom stereocenters. The summed E-state index contributed by atoms with van der Waals surface area (Å²) in [4.78, 5) is 11.1. The van der Waals surface area contributed by atoms with Crippen molar-refractivity contribution in [3.05, 3.63) is 35.4 Å². The van der Waals surface area contributed by atoms with Gasteiger partial charge in [-0.1, -0.05) is 23.9 Å². The van der Waals surface area contributed by atoms with Crippen molar-refractivity contribution < 1.29 is 18.3 Å². The SMILES string of the molecule is COC(=O)Cn1nnnc1SCc1cccc(F)c1F. The maximum Gasteiger partial charge on any atom is 0.327 e. The van der Waals surface area contributed by atoms with Crippen molar-refractivity contribution in [1.82, 2.24) is 20.2 Å². The second kappa shape index (κ2) is 6.42. The first-order valence-electron chi connectivity index (χ1n) is 5.50. The number of hydrogen-bond donors (Lipinski definition) is 0. The molecule has 0 atom stereocenters. The summed E-state index contributed by atoms with van der Waals surface area (Å²) in [6.07, 6.45) is 0. The van der Waals surface area contributed by atoms with Gasteiger partial charge in [0.15, 0.2) is 11.6 Å². The lowest BCUT2D eigenvalue weighted by atomic mass is 10.2. The van der Waals surface area contributed by atoms with Crippen LogP contribution in [-0.2, 0) is 21.8 Å². The van der Waals surface area contributed by atoms with E-state index in [0.29, 0.717) is 5.16 Å². The van der Waals surface area contributed by atoms with Crippen LogP contribution in [0.15, 0.2) is 23.4 Å². The number of ether oxygens (including phenoxy) is 1. The van der Waals surface area contributed by atoms with E-state index >= 15 is 0 Å². The van der Waals surface area contributed by atoms with E-state index < -0.39 is 17.6 Å². The van der Waals surface area contributed by atoms with Gasteiger partial charge in [0.25, 0.3) is 0 Å². The van der Waals surface area contributed by atoms with Crippen molar-refractivity contribution in [2.24, 2.45) is 0 Å². The van der Waals surface area contributed by atoms with Crippen LogP contribution in [0.5, 0.6) is 0 Å². The van der Waals surface area contributed by atoms with Crippen LogP contribution >= 0.6 is 11.8 Å². The minimum atomic E-state index is -0.905. The van der Waals surface area contributed by atoms with Crippen LogP contribution in [-0.4, -0.2) is 33.3 Å². The highest BCUT2D eigenvalue weighted by Gasteiger charge is 2.13. The highest BCUT2D eigenvalue weighted by Crippen LogP contribution is 2.22. The minimum absolute atomic E-state index is 0.141. The standard InChI is InChI=1S/C11H10F2N4O2S/c1-19-9(18)5-17-11(14-15-16-17)20-6-7-3-2-4-8(12)10(7)13/h2-4H,5-6H2,1H3. The number of halogens is 2. The lowest BCUT2D eigenvalue weighted by Crippen LogP contribution is -2.13. The van der Waals surface area contributed by atoms with E-state index in [1.807, 2.05) is 0 Å². The van der Waals surface area contributed by atoms with Crippen molar-refractivity contribution in [3.63, 3.8) is 0 Å². The first-order valence-corrected chi connectivity index (χ1v) is 6.49. The van der Waals surface area contributed by atoms with E-state index in [4.69, 9.17) is 0 Å². The van der Waals surface area contributed by atoms with Crippen molar-refractivity contribution in [2.75, 3.05) is 7.11 Å². The highest BCUT2D eigenvalue weighted by molar-refractivity contribution is 7.98. The molecule has 2 rings (SSSR count). The summed E-state index contributed by atoms with van der Waals surface area (Å²) in [6, 6.07) is 3.94. The molecule has 0 radical (unpaired) electrons. The predicted molar refractivity (Wildman–Crippen MR) is 65.8 cm³/mol. The van der Waals surface area contributed by atoms with Gasteiger partial charge in [-0.2, -0.15) is 0 Å². The van der Waals surface area contributed by atoms with Crippen molar-refractivity contribution in [3.8, 4) is 0 Å². The molecule has 0 aliphatic rings. The molecule has 0 N–H and O–H groups in total. The van der Waals surface area contributed by atoms with Crippen LogP contribution in [0.25, 0.3) is 0 Å². The number of methoxy groups -OCH3 is 1. The van der Waals surface area contributed by atoms with E-state index in [1.165, 1.54) is 23.9 Å². The van der Waals surface area contributed by atoms with Crippen molar-refractivity contribution in [1.29, 1.82) is 0 Å². The van der Waals surface area contributed by atoms with Gasteiger partial charge >= 0.3 is 5.97 Å². The average Bonchev–Trinajstić information content (AvgIpc) is 2.87. The third-order valence-electron chi connectivity index (χ3n) is 2.39. The summed E-state index contributed by atoms with van der Waals surface area (Å²) >= 11 is 1.09. The van der Waals surface area contributed by atoms with E-state index in [2.05, 4.69) is 20.3 Å². The molecule has 0 amide bonds. The first-order chi connectivity index (χ1) is 9.61. The highest BCUT2D eigenvalue weighted by atomic mass is 32.2. The molecule has 20 heavy (non-hydrogen) atoms. The van der Waals surface area contributed by atoms with E-state index in [0.717, 1.165) is 17.8 Å². The maximum atomic E-state index is 13.5. The van der Waals surface area contributed by atoms with Crippen LogP contribution in [0, 0.1) is 11.6 Å². The van der Waals surface area contributed by atoms with Gasteiger partial charge in [0, 0.05) is 11.3 Å². The summed E-state index contributed by atoms with van der Waals surface area (Å²) in [7, 11) is 1.25. The normalized spacial score (nSPS) is 10.6. The van der Waals surface area contributed by atoms with Gasteiger partial charge in [-0.25, -0.2) is 13.5 Å². The summed E-state index contributed by atoms with van der Waals surface area (Å²) in [5.41, 5.74) is 0.197. The number of benzene rings is 1. The molecule has 9 heteroatoms. The topological polar surface area (TPSA) is 69.9 Å². The summed E-state index contributed by atoms with van der Waals surface area (Å²) < 4.78 is 32.3. The fourth-order valence-electron chi connectivity index (χ4n) is 1.39. The zero-order valence-corrected chi connectivity index (χ0v) is 11.2. The van der Waals surface area contributed by atoms with Gasteiger partial charge in [-0.3, -0.25) is 4.79 Å². The van der Waals surface area contributed by atoms with E-state index in [-0.39, 0.29) is 17.9 Å². The van der Waals surface area contributed by atoms with Gasteiger partial charge in [0.05, 0.1) is 7.11 Å². The molecule has 0 fully saturated rings. The number of thioether (sulfide) groups is 1. The zero-order chi connectivity index (χ0) is 14.5. The molecule has 2 aromatic rings. The number of esters is 1. The van der Waals surface area contributed by atoms with E-state index in [9.17, 15) is 13.6 Å². The second-order valence-corrected chi connectivity index (χ2v) is 4.64. The molecule has 106 valence electrons. The van der Waals surface area contributed by atoms with Crippen LogP contribution in [0.2, 0.25) is 0 Å². The Morgan fingerprint density at radius 1 is 1.45 bits per heavy atom. The lowest BCUT2D eigenvalue weighted by molar-refractivity contribution is -0.141. The molecule has 0 saturated carbocycles. The number of rotatable bonds is 5. The number of nitrogens with zero attached hydrogens (tertiary/aromatic N) is 4. The Balaban J connectivity index is 2.06. The molecular formula is C11H10F2N4O2S. The second-order valence-electron chi connectivity index (χ2n) is 3.70. The molecule has 1 aromatic heterocycles. The molecule has 0 saturated heterocycles. The van der Waals surface area contributed by atoms with Crippen molar-refractivity contribution >= 4 is 17.7 Å². The van der Waals surface area contributed by atoms with Gasteiger partial charge in [0.2, 0.25) is 5.16 Å². The molecule has 0 bridgehead atoms. The van der Waals surface area contributed by atoms with E-state index in [1.54, 1.807) is 0 Å². The molecule has 1 aromatic carbocycles. The third kappa shape index (κ3) is 3.29. The predicted octanol–water partition coefficient (Wildman–Crippen LogP) is 1.42. The smallest absolute Gasteiger partial charge is 0.327 e. The average molecular weight is 300 g/mol. The summed E-state index contributed by atoms with van der Waals surface area (Å²) in [5, 5.41) is 11.1. The monoisotopic (exact) mass is 300 g/mol. The lowest BCUT2D eigenvalue weighted by Gasteiger charge is -2.04. The fourth-order valence-corrected chi connectivity index (χ4v) is 2.24. The van der Waals surface area contributed by atoms with Crippen LogP contribution in [0.1, 0.15) is 5.56 Å². The molecule has 0 aliphatic carbocycles. The van der Waals surface area contributed by atoms with Crippen LogP contribution in [0.4, 0.5) is 8.78 Å². The minimum Gasteiger partial charge on any atom is -0.468 e. The molecule has 0 aliphatic heterocycles. The first kappa shape index (κ1) is 14.4. The molecule has 6 nitrogen and oxygen atoms in total. The number of aromatic nitrogens is 4. The Bertz CT molecular complexity index is 620. The number of tetrazole rings is 1. The Kier molecular flexibility index (Phi) is 4.61. The van der Waals surface area contributed by atoms with Gasteiger partial charge in [-0.15, -0.1) is 5.10 Å². The van der Waals surface area contributed by atoms with Gasteiger partial charge in [0.1, 0.15) is 6.54 Å². The van der Waals surface area contributed by atoms with Crippen LogP contribution in [0.3, 0.4) is 0 Å². The maximum absolute atomic E-state index is 13.5. The van der Waals surface area contributed by atoms with Crippen molar-refractivity contribution in [2.45, 2.75) is 17.5 Å². The molecular weight excluding hydrogens is 290 g/mol. The summed E-state index contributed by atoms with van der Waals surface area (Å²) in [5.74, 6) is -2.16. The van der Waals surface area contributed by atoms with Gasteiger partial charge in [-0.05, 0) is 16.5 Å². The number of hydrogen-bond acceptors (Lipinski definition) is 6. The Morgan fingerprint density at radius 2 is 2.25 bits per heavy atom. The number of carbonyl (C=O) groups excluding carboxylic acids is 1. The Hall–Kier alpha value is -2.03. The quantitative estimate of drug-likeness (QED) is 0.614. The molecule has 1 heterocycles. The van der Waals surface area contributed by atoms with Gasteiger partial charge < -0.3 is 4.74 Å². The third-order valence-corrected chi connectivity index (χ3v) is 3.40. The molecule has 0 spiro atoms. The Labute approximate surface area is 117 Å².